The lowest BCUT2D eigenvalue weighted by Crippen LogP contribution is -2.70. The van der Waals surface area contributed by atoms with Crippen LogP contribution in [-0.2, 0) is 30.6 Å². The first-order valence-electron chi connectivity index (χ1n) is 10.1. The van der Waals surface area contributed by atoms with E-state index >= 15 is 0 Å². The number of piperazine rings is 2. The topological polar surface area (TPSA) is 104 Å². The van der Waals surface area contributed by atoms with E-state index in [1.807, 2.05) is 30.3 Å². The lowest BCUT2D eigenvalue weighted by atomic mass is 9.98. The molecule has 2 aromatic rings. The second-order valence-corrected chi connectivity index (χ2v) is 9.70. The largest absolute Gasteiger partial charge is 0.342 e. The van der Waals surface area contributed by atoms with E-state index in [0.29, 0.717) is 6.42 Å². The standard InChI is InChI=1S/C22H23N3O5S/c26-20(15-31(29,30)17-9-5-2-6-10-17)24-11-12-25-19(14-24)21(27)23-18(22(25)28)13-16-7-3-1-4-8-16/h1-10,18-19H,11-15H2,(H,23,27)/t18-,19-/m0/s1. The molecule has 2 heterocycles. The summed E-state index contributed by atoms with van der Waals surface area (Å²) in [6, 6.07) is 15.8. The third-order valence-electron chi connectivity index (χ3n) is 5.63. The Morgan fingerprint density at radius 2 is 1.61 bits per heavy atom. The third-order valence-corrected chi connectivity index (χ3v) is 7.25. The maximum atomic E-state index is 12.9. The SMILES string of the molecule is O=C1N[C@@H](Cc2ccccc2)C(=O)N2CCN(C(=O)CS(=O)(=O)c3ccccc3)C[C@@H]12. The van der Waals surface area contributed by atoms with E-state index < -0.39 is 33.6 Å². The minimum Gasteiger partial charge on any atom is -0.342 e. The van der Waals surface area contributed by atoms with Crippen LogP contribution in [0.3, 0.4) is 0 Å². The van der Waals surface area contributed by atoms with E-state index in [4.69, 9.17) is 0 Å². The molecule has 31 heavy (non-hydrogen) atoms. The predicted octanol–water partition coefficient (Wildman–Crippen LogP) is 0.241. The van der Waals surface area contributed by atoms with Crippen molar-refractivity contribution in [1.29, 1.82) is 0 Å². The van der Waals surface area contributed by atoms with Crippen LogP contribution in [0.2, 0.25) is 0 Å². The van der Waals surface area contributed by atoms with Crippen LogP contribution in [0.5, 0.6) is 0 Å². The second kappa shape index (κ2) is 8.50. The first kappa shape index (κ1) is 21.0. The fourth-order valence-electron chi connectivity index (χ4n) is 3.98. The summed E-state index contributed by atoms with van der Waals surface area (Å²) in [6.07, 6.45) is 0.395. The highest BCUT2D eigenvalue weighted by Gasteiger charge is 2.44. The van der Waals surface area contributed by atoms with Gasteiger partial charge in [-0.3, -0.25) is 14.4 Å². The normalized spacial score (nSPS) is 21.4. The Morgan fingerprint density at radius 1 is 0.968 bits per heavy atom. The summed E-state index contributed by atoms with van der Waals surface area (Å²) in [5, 5.41) is 2.76. The number of sulfone groups is 1. The van der Waals surface area contributed by atoms with Crippen molar-refractivity contribution in [2.24, 2.45) is 0 Å². The molecule has 4 rings (SSSR count). The summed E-state index contributed by atoms with van der Waals surface area (Å²) in [6.45, 7) is 0.370. The Balaban J connectivity index is 1.42. The summed E-state index contributed by atoms with van der Waals surface area (Å²) in [7, 11) is -3.78. The smallest absolute Gasteiger partial charge is 0.246 e. The minimum atomic E-state index is -3.78. The monoisotopic (exact) mass is 441 g/mol. The van der Waals surface area contributed by atoms with E-state index in [-0.39, 0.29) is 36.3 Å². The number of amides is 3. The molecule has 0 spiro atoms. The van der Waals surface area contributed by atoms with Crippen LogP contribution in [0.4, 0.5) is 0 Å². The highest BCUT2D eigenvalue weighted by Crippen LogP contribution is 2.19. The van der Waals surface area contributed by atoms with E-state index in [2.05, 4.69) is 5.32 Å². The van der Waals surface area contributed by atoms with Crippen LogP contribution in [0.1, 0.15) is 5.56 Å². The molecule has 2 aliphatic heterocycles. The maximum Gasteiger partial charge on any atom is 0.246 e. The lowest BCUT2D eigenvalue weighted by molar-refractivity contribution is -0.155. The number of carbonyl (C=O) groups is 3. The highest BCUT2D eigenvalue weighted by molar-refractivity contribution is 7.92. The van der Waals surface area contributed by atoms with Gasteiger partial charge in [0.05, 0.1) is 11.4 Å². The molecular weight excluding hydrogens is 418 g/mol. The fourth-order valence-corrected chi connectivity index (χ4v) is 5.23. The van der Waals surface area contributed by atoms with E-state index in [1.165, 1.54) is 21.9 Å². The summed E-state index contributed by atoms with van der Waals surface area (Å²) < 4.78 is 25.0. The highest BCUT2D eigenvalue weighted by atomic mass is 32.2. The molecule has 0 saturated carbocycles. The maximum absolute atomic E-state index is 12.9. The van der Waals surface area contributed by atoms with Gasteiger partial charge in [-0.05, 0) is 17.7 Å². The molecule has 1 N–H and O–H groups in total. The van der Waals surface area contributed by atoms with Crippen molar-refractivity contribution in [1.82, 2.24) is 15.1 Å². The molecule has 2 saturated heterocycles. The molecule has 0 aliphatic carbocycles. The zero-order valence-corrected chi connectivity index (χ0v) is 17.6. The van der Waals surface area contributed by atoms with Crippen molar-refractivity contribution in [2.75, 3.05) is 25.4 Å². The van der Waals surface area contributed by atoms with Crippen molar-refractivity contribution in [3.63, 3.8) is 0 Å². The summed E-state index contributed by atoms with van der Waals surface area (Å²) >= 11 is 0. The van der Waals surface area contributed by atoms with Crippen molar-refractivity contribution in [3.8, 4) is 0 Å². The third kappa shape index (κ3) is 4.46. The number of rotatable bonds is 5. The van der Waals surface area contributed by atoms with Gasteiger partial charge >= 0.3 is 0 Å². The molecule has 2 atom stereocenters. The molecular formula is C22H23N3O5S. The van der Waals surface area contributed by atoms with Gasteiger partial charge in [0.25, 0.3) is 0 Å². The van der Waals surface area contributed by atoms with Gasteiger partial charge in [-0.25, -0.2) is 8.42 Å². The fraction of sp³-hybridized carbons (Fsp3) is 0.318. The zero-order chi connectivity index (χ0) is 22.0. The van der Waals surface area contributed by atoms with E-state index in [9.17, 15) is 22.8 Å². The summed E-state index contributed by atoms with van der Waals surface area (Å²) in [5.74, 6) is -1.76. The van der Waals surface area contributed by atoms with Crippen LogP contribution in [0.25, 0.3) is 0 Å². The second-order valence-electron chi connectivity index (χ2n) is 7.71. The van der Waals surface area contributed by atoms with E-state index in [1.54, 1.807) is 18.2 Å². The van der Waals surface area contributed by atoms with Gasteiger partial charge in [0.15, 0.2) is 9.84 Å². The van der Waals surface area contributed by atoms with Crippen molar-refractivity contribution in [3.05, 3.63) is 66.2 Å². The average Bonchev–Trinajstić information content (AvgIpc) is 2.78. The number of fused-ring (bicyclic) bond motifs is 1. The lowest BCUT2D eigenvalue weighted by Gasteiger charge is -2.45. The molecule has 162 valence electrons. The zero-order valence-electron chi connectivity index (χ0n) is 16.8. The van der Waals surface area contributed by atoms with Crippen molar-refractivity contribution < 1.29 is 22.8 Å². The average molecular weight is 442 g/mol. The Kier molecular flexibility index (Phi) is 5.77. The van der Waals surface area contributed by atoms with Crippen LogP contribution in [-0.4, -0.2) is 73.4 Å². The first-order chi connectivity index (χ1) is 14.8. The van der Waals surface area contributed by atoms with Crippen LogP contribution in [0, 0.1) is 0 Å². The van der Waals surface area contributed by atoms with Gasteiger partial charge in [-0.1, -0.05) is 48.5 Å². The Labute approximate surface area is 180 Å². The van der Waals surface area contributed by atoms with E-state index in [0.717, 1.165) is 5.56 Å². The molecule has 2 aromatic carbocycles. The van der Waals surface area contributed by atoms with Gasteiger partial charge < -0.3 is 15.1 Å². The molecule has 9 heteroatoms. The minimum absolute atomic E-state index is 0.0151. The Morgan fingerprint density at radius 3 is 2.29 bits per heavy atom. The number of hydrogen-bond acceptors (Lipinski definition) is 5. The summed E-state index contributed by atoms with van der Waals surface area (Å²) in [5.41, 5.74) is 0.944. The van der Waals surface area contributed by atoms with Crippen LogP contribution < -0.4 is 5.32 Å². The number of hydrogen-bond donors (Lipinski definition) is 1. The molecule has 0 unspecified atom stereocenters. The summed E-state index contributed by atoms with van der Waals surface area (Å²) in [4.78, 5) is 41.2. The molecule has 2 fully saturated rings. The van der Waals surface area contributed by atoms with Gasteiger partial charge in [0.2, 0.25) is 17.7 Å². The van der Waals surface area contributed by atoms with Crippen LogP contribution in [0.15, 0.2) is 65.6 Å². The van der Waals surface area contributed by atoms with Gasteiger partial charge in [0.1, 0.15) is 17.8 Å². The van der Waals surface area contributed by atoms with Crippen molar-refractivity contribution >= 4 is 27.6 Å². The molecule has 3 amide bonds. The predicted molar refractivity (Wildman–Crippen MR) is 113 cm³/mol. The van der Waals surface area contributed by atoms with Gasteiger partial charge in [-0.15, -0.1) is 0 Å². The molecule has 0 bridgehead atoms. The van der Waals surface area contributed by atoms with Crippen molar-refractivity contribution in [2.45, 2.75) is 23.4 Å². The number of nitrogens with zero attached hydrogens (tertiary/aromatic N) is 2. The molecule has 0 radical (unpaired) electrons. The number of nitrogens with one attached hydrogen (secondary N) is 1. The van der Waals surface area contributed by atoms with Crippen LogP contribution >= 0.6 is 0 Å². The molecule has 2 aliphatic rings. The number of carbonyl (C=O) groups excluding carboxylic acids is 3. The quantitative estimate of drug-likeness (QED) is 0.716. The Bertz CT molecular complexity index is 1090. The number of benzene rings is 2. The Hall–Kier alpha value is -3.20. The molecule has 0 aromatic heterocycles. The first-order valence-corrected chi connectivity index (χ1v) is 11.7. The van der Waals surface area contributed by atoms with Gasteiger partial charge in [-0.2, -0.15) is 0 Å². The van der Waals surface area contributed by atoms with Gasteiger partial charge in [0, 0.05) is 19.5 Å². The molecule has 8 nitrogen and oxygen atoms in total.